The second kappa shape index (κ2) is 7.58. The van der Waals surface area contributed by atoms with Crippen molar-refractivity contribution in [3.05, 3.63) is 93.5 Å². The van der Waals surface area contributed by atoms with Gasteiger partial charge in [0.25, 0.3) is 5.56 Å². The number of carbonyl (C=O) groups is 2. The molecule has 0 radical (unpaired) electrons. The van der Waals surface area contributed by atoms with E-state index in [9.17, 15) is 19.2 Å². The molecule has 2 N–H and O–H groups in total. The number of amides is 3. The molecule has 1 aliphatic rings. The minimum Gasteiger partial charge on any atom is -0.293 e. The number of anilines is 1. The number of H-pyrrole nitrogens is 1. The highest BCUT2D eigenvalue weighted by atomic mass is 16.2. The molecule has 5 rings (SSSR count). The number of hydrogen-bond acceptors (Lipinski definition) is 6. The number of urea groups is 1. The molecule has 0 saturated carbocycles. The molecule has 3 heterocycles. The summed E-state index contributed by atoms with van der Waals surface area (Å²) in [4.78, 5) is 62.3. The average molecular weight is 428 g/mol. The van der Waals surface area contributed by atoms with Gasteiger partial charge in [-0.15, -0.1) is 0 Å². The number of nitrogens with one attached hydrogen (secondary N) is 2. The van der Waals surface area contributed by atoms with Crippen molar-refractivity contribution < 1.29 is 9.59 Å². The zero-order valence-electron chi connectivity index (χ0n) is 16.6. The molecule has 10 heteroatoms. The molecule has 3 amide bonds. The molecule has 1 fully saturated rings. The monoisotopic (exact) mass is 428 g/mol. The van der Waals surface area contributed by atoms with E-state index in [1.165, 1.54) is 15.7 Å². The summed E-state index contributed by atoms with van der Waals surface area (Å²) >= 11 is 0. The Kier molecular flexibility index (Phi) is 4.59. The van der Waals surface area contributed by atoms with Crippen molar-refractivity contribution in [1.82, 2.24) is 24.8 Å². The second-order valence-electron chi connectivity index (χ2n) is 7.19. The predicted molar refractivity (Wildman–Crippen MR) is 116 cm³/mol. The Bertz CT molecular complexity index is 1460. The molecule has 1 aliphatic heterocycles. The number of aromatic nitrogens is 4. The van der Waals surface area contributed by atoms with E-state index in [0.29, 0.717) is 11.4 Å². The van der Waals surface area contributed by atoms with Crippen LogP contribution in [-0.4, -0.2) is 38.0 Å². The summed E-state index contributed by atoms with van der Waals surface area (Å²) in [5.41, 5.74) is -0.102. The van der Waals surface area contributed by atoms with Gasteiger partial charge in [-0.1, -0.05) is 36.4 Å². The number of para-hydroxylation sites is 2. The first-order chi connectivity index (χ1) is 15.5. The maximum atomic E-state index is 12.6. The number of aromatic amines is 1. The maximum Gasteiger partial charge on any atom is 0.334 e. The first-order valence-electron chi connectivity index (χ1n) is 9.78. The second-order valence-corrected chi connectivity index (χ2v) is 7.19. The van der Waals surface area contributed by atoms with Gasteiger partial charge in [-0.05, 0) is 24.3 Å². The summed E-state index contributed by atoms with van der Waals surface area (Å²) in [7, 11) is 0. The highest BCUT2D eigenvalue weighted by Gasteiger charge is 2.36. The Labute approximate surface area is 180 Å². The summed E-state index contributed by atoms with van der Waals surface area (Å²) in [5, 5.41) is 2.43. The van der Waals surface area contributed by atoms with Gasteiger partial charge in [0.05, 0.1) is 5.69 Å². The third-order valence-corrected chi connectivity index (χ3v) is 5.22. The molecule has 10 nitrogen and oxygen atoms in total. The smallest absolute Gasteiger partial charge is 0.293 e. The highest BCUT2D eigenvalue weighted by molar-refractivity contribution is 6.08. The first-order valence-corrected chi connectivity index (χ1v) is 9.78. The van der Waals surface area contributed by atoms with Crippen LogP contribution in [0.25, 0.3) is 16.7 Å². The molecule has 1 saturated heterocycles. The molecule has 1 atom stereocenters. The number of carbonyl (C=O) groups excluding carboxylic acids is 2. The lowest BCUT2D eigenvalue weighted by Gasteiger charge is -2.31. The van der Waals surface area contributed by atoms with Crippen molar-refractivity contribution in [2.75, 3.05) is 11.4 Å². The number of hydrogen-bond donors (Lipinski definition) is 2. The van der Waals surface area contributed by atoms with E-state index in [1.807, 2.05) is 6.07 Å². The van der Waals surface area contributed by atoms with Gasteiger partial charge in [0.2, 0.25) is 5.91 Å². The summed E-state index contributed by atoms with van der Waals surface area (Å²) in [6.07, 6.45) is 1.28. The molecule has 0 bridgehead atoms. The molecule has 1 unspecified atom stereocenters. The van der Waals surface area contributed by atoms with Crippen molar-refractivity contribution in [2.45, 2.75) is 5.92 Å². The van der Waals surface area contributed by atoms with E-state index < -0.39 is 29.1 Å². The summed E-state index contributed by atoms with van der Waals surface area (Å²) in [6, 6.07) is 17.0. The van der Waals surface area contributed by atoms with Gasteiger partial charge in [0.1, 0.15) is 17.1 Å². The fourth-order valence-electron chi connectivity index (χ4n) is 3.66. The Morgan fingerprint density at radius 1 is 0.875 bits per heavy atom. The zero-order chi connectivity index (χ0) is 22.2. The Balaban J connectivity index is 1.64. The molecule has 32 heavy (non-hydrogen) atoms. The van der Waals surface area contributed by atoms with Gasteiger partial charge >= 0.3 is 11.7 Å². The third kappa shape index (κ3) is 3.23. The summed E-state index contributed by atoms with van der Waals surface area (Å²) in [5.74, 6) is -1.35. The quantitative estimate of drug-likeness (QED) is 0.506. The van der Waals surface area contributed by atoms with Crippen LogP contribution >= 0.6 is 0 Å². The fourth-order valence-corrected chi connectivity index (χ4v) is 3.66. The molecule has 158 valence electrons. The van der Waals surface area contributed by atoms with Crippen molar-refractivity contribution in [2.24, 2.45) is 0 Å². The minimum absolute atomic E-state index is 0.0128. The normalized spacial score (nSPS) is 16.2. The maximum absolute atomic E-state index is 12.6. The van der Waals surface area contributed by atoms with Crippen molar-refractivity contribution in [1.29, 1.82) is 0 Å². The Morgan fingerprint density at radius 2 is 1.53 bits per heavy atom. The molecule has 0 spiro atoms. The van der Waals surface area contributed by atoms with Crippen LogP contribution in [0.5, 0.6) is 0 Å². The van der Waals surface area contributed by atoms with Crippen LogP contribution in [0.2, 0.25) is 0 Å². The minimum atomic E-state index is -0.893. The van der Waals surface area contributed by atoms with Crippen molar-refractivity contribution >= 4 is 28.7 Å². The standard InChI is InChI=1S/C22H16N6O4/c29-19-15-11-23-17(24-18(15)28(22(32)26-19)14-9-5-2-6-10-14)16-12-27(21(31)25-20(16)30)13-7-3-1-4-8-13/h1-11,16H,12H2,(H,25,30,31)(H,26,29,32). The van der Waals surface area contributed by atoms with E-state index in [-0.39, 0.29) is 23.4 Å². The molecule has 2 aromatic heterocycles. The lowest BCUT2D eigenvalue weighted by atomic mass is 10.0. The van der Waals surface area contributed by atoms with E-state index in [2.05, 4.69) is 20.3 Å². The molecule has 2 aromatic carbocycles. The molecule has 4 aromatic rings. The van der Waals surface area contributed by atoms with Gasteiger partial charge < -0.3 is 0 Å². The average Bonchev–Trinajstić information content (AvgIpc) is 2.80. The van der Waals surface area contributed by atoms with Crippen LogP contribution in [-0.2, 0) is 4.79 Å². The highest BCUT2D eigenvalue weighted by Crippen LogP contribution is 2.24. The van der Waals surface area contributed by atoms with E-state index in [0.717, 1.165) is 0 Å². The van der Waals surface area contributed by atoms with Gasteiger partial charge in [-0.2, -0.15) is 0 Å². The van der Waals surface area contributed by atoms with Gasteiger partial charge in [-0.25, -0.2) is 24.1 Å². The number of benzene rings is 2. The zero-order valence-corrected chi connectivity index (χ0v) is 16.6. The van der Waals surface area contributed by atoms with E-state index in [1.54, 1.807) is 54.6 Å². The first kappa shape index (κ1) is 19.4. The predicted octanol–water partition coefficient (Wildman–Crippen LogP) is 1.31. The summed E-state index contributed by atoms with van der Waals surface area (Å²) < 4.78 is 1.25. The largest absolute Gasteiger partial charge is 0.334 e. The van der Waals surface area contributed by atoms with Gasteiger partial charge in [-0.3, -0.25) is 24.8 Å². The lowest BCUT2D eigenvalue weighted by molar-refractivity contribution is -0.121. The Morgan fingerprint density at radius 3 is 2.22 bits per heavy atom. The molecular formula is C22H16N6O4. The fraction of sp³-hybridized carbons (Fsp3) is 0.0909. The molecular weight excluding hydrogens is 412 g/mol. The van der Waals surface area contributed by atoms with Gasteiger partial charge in [0, 0.05) is 18.4 Å². The van der Waals surface area contributed by atoms with Crippen LogP contribution in [0.3, 0.4) is 0 Å². The summed E-state index contributed by atoms with van der Waals surface area (Å²) in [6.45, 7) is 0.0128. The molecule has 0 aliphatic carbocycles. The lowest BCUT2D eigenvalue weighted by Crippen LogP contribution is -2.54. The number of imide groups is 1. The van der Waals surface area contributed by atoms with Crippen LogP contribution in [0.1, 0.15) is 11.7 Å². The Hall–Kier alpha value is -4.60. The SMILES string of the molecule is O=C1NC(=O)N(c2ccccc2)CC1c1ncc2c(=O)[nH]c(=O)n(-c3ccccc3)c2n1. The van der Waals surface area contributed by atoms with Crippen LogP contribution < -0.4 is 21.5 Å². The van der Waals surface area contributed by atoms with Crippen LogP contribution in [0, 0.1) is 0 Å². The van der Waals surface area contributed by atoms with Crippen LogP contribution in [0.15, 0.2) is 76.4 Å². The van der Waals surface area contributed by atoms with E-state index >= 15 is 0 Å². The van der Waals surface area contributed by atoms with E-state index in [4.69, 9.17) is 0 Å². The van der Waals surface area contributed by atoms with Gasteiger partial charge in [0.15, 0.2) is 5.65 Å². The third-order valence-electron chi connectivity index (χ3n) is 5.22. The number of rotatable bonds is 3. The van der Waals surface area contributed by atoms with Crippen molar-refractivity contribution in [3.63, 3.8) is 0 Å². The topological polar surface area (TPSA) is 130 Å². The van der Waals surface area contributed by atoms with Crippen LogP contribution in [0.4, 0.5) is 10.5 Å². The number of nitrogens with zero attached hydrogens (tertiary/aromatic N) is 4. The van der Waals surface area contributed by atoms with Crippen molar-refractivity contribution in [3.8, 4) is 5.69 Å². The number of fused-ring (bicyclic) bond motifs is 1.